The number of likely N-dealkylation sites (tertiary alicyclic amines) is 1. The number of nitrogens with one attached hydrogen (secondary N) is 1. The molecule has 0 aromatic heterocycles. The molecule has 144 valence electrons. The van der Waals surface area contributed by atoms with Crippen molar-refractivity contribution in [1.82, 2.24) is 10.2 Å². The minimum Gasteiger partial charge on any atom is -0.435 e. The summed E-state index contributed by atoms with van der Waals surface area (Å²) in [5.41, 5.74) is 0.728. The molecular formula is C19H26F2N2O3. The number of halogens is 2. The summed E-state index contributed by atoms with van der Waals surface area (Å²) in [6.45, 7) is 0.955. The van der Waals surface area contributed by atoms with Gasteiger partial charge in [0, 0.05) is 19.6 Å². The molecule has 7 heteroatoms. The monoisotopic (exact) mass is 368 g/mol. The zero-order valence-corrected chi connectivity index (χ0v) is 15.0. The minimum atomic E-state index is -2.86. The lowest BCUT2D eigenvalue weighted by Crippen LogP contribution is -2.46. The average Bonchev–Trinajstić information content (AvgIpc) is 2.63. The van der Waals surface area contributed by atoms with E-state index in [1.54, 1.807) is 17.0 Å². The first-order chi connectivity index (χ1) is 12.5. The van der Waals surface area contributed by atoms with Crippen LogP contribution < -0.4 is 10.1 Å². The highest BCUT2D eigenvalue weighted by Gasteiger charge is 2.28. The number of rotatable bonds is 8. The summed E-state index contributed by atoms with van der Waals surface area (Å²) in [4.78, 5) is 26.4. The van der Waals surface area contributed by atoms with Crippen molar-refractivity contribution >= 4 is 11.8 Å². The second-order valence-electron chi connectivity index (χ2n) is 6.52. The van der Waals surface area contributed by atoms with Crippen molar-refractivity contribution in [3.8, 4) is 5.75 Å². The highest BCUT2D eigenvalue weighted by molar-refractivity contribution is 5.82. The number of unbranched alkanes of at least 4 members (excludes halogenated alkanes) is 1. The van der Waals surface area contributed by atoms with E-state index in [-0.39, 0.29) is 29.9 Å². The van der Waals surface area contributed by atoms with Crippen molar-refractivity contribution in [3.63, 3.8) is 0 Å². The quantitative estimate of drug-likeness (QED) is 0.718. The standard InChI is InChI=1S/C19H26F2N2O3/c1-2-3-10-22-18(25)15-5-4-11-23(13-15)17(24)12-14-6-8-16(9-7-14)26-19(20)21/h6-9,15,19H,2-5,10-13H2,1H3,(H,22,25). The van der Waals surface area contributed by atoms with Gasteiger partial charge in [0.05, 0.1) is 12.3 Å². The third-order valence-corrected chi connectivity index (χ3v) is 4.48. The molecule has 5 nitrogen and oxygen atoms in total. The second-order valence-corrected chi connectivity index (χ2v) is 6.52. The topological polar surface area (TPSA) is 58.6 Å². The number of benzene rings is 1. The molecule has 0 saturated carbocycles. The molecule has 0 radical (unpaired) electrons. The van der Waals surface area contributed by atoms with Gasteiger partial charge in [0.1, 0.15) is 5.75 Å². The summed E-state index contributed by atoms with van der Waals surface area (Å²) in [6.07, 6.45) is 3.75. The Balaban J connectivity index is 1.85. The van der Waals surface area contributed by atoms with Crippen LogP contribution in [-0.4, -0.2) is 43.0 Å². The van der Waals surface area contributed by atoms with Crippen LogP contribution in [0.5, 0.6) is 5.75 Å². The van der Waals surface area contributed by atoms with Crippen LogP contribution in [0.3, 0.4) is 0 Å². The number of piperidine rings is 1. The van der Waals surface area contributed by atoms with E-state index in [4.69, 9.17) is 0 Å². The van der Waals surface area contributed by atoms with E-state index in [1.165, 1.54) is 12.1 Å². The smallest absolute Gasteiger partial charge is 0.387 e. The number of nitrogens with zero attached hydrogens (tertiary/aromatic N) is 1. The number of ether oxygens (including phenoxy) is 1. The van der Waals surface area contributed by atoms with Crippen LogP contribution in [0, 0.1) is 5.92 Å². The first kappa shape index (κ1) is 20.1. The molecule has 1 unspecified atom stereocenters. The van der Waals surface area contributed by atoms with Crippen LogP contribution in [0.4, 0.5) is 8.78 Å². The highest BCUT2D eigenvalue weighted by atomic mass is 19.3. The van der Waals surface area contributed by atoms with Gasteiger partial charge in [-0.1, -0.05) is 25.5 Å². The molecule has 1 aliphatic rings. The molecule has 0 spiro atoms. The molecule has 1 fully saturated rings. The van der Waals surface area contributed by atoms with E-state index >= 15 is 0 Å². The lowest BCUT2D eigenvalue weighted by molar-refractivity contribution is -0.135. The Hall–Kier alpha value is -2.18. The number of amides is 2. The van der Waals surface area contributed by atoms with Crippen molar-refractivity contribution in [2.75, 3.05) is 19.6 Å². The van der Waals surface area contributed by atoms with E-state index < -0.39 is 6.61 Å². The molecule has 0 bridgehead atoms. The summed E-state index contributed by atoms with van der Waals surface area (Å²) in [5, 5.41) is 2.93. The van der Waals surface area contributed by atoms with Gasteiger partial charge in [-0.2, -0.15) is 8.78 Å². The molecule has 26 heavy (non-hydrogen) atoms. The third kappa shape index (κ3) is 6.28. The Morgan fingerprint density at radius 1 is 1.31 bits per heavy atom. The summed E-state index contributed by atoms with van der Waals surface area (Å²) < 4.78 is 28.6. The second kappa shape index (κ2) is 10.1. The summed E-state index contributed by atoms with van der Waals surface area (Å²) in [6, 6.07) is 6.06. The molecule has 0 aliphatic carbocycles. The van der Waals surface area contributed by atoms with Crippen molar-refractivity contribution < 1.29 is 23.1 Å². The number of carbonyl (C=O) groups excluding carboxylic acids is 2. The lowest BCUT2D eigenvalue weighted by atomic mass is 9.96. The largest absolute Gasteiger partial charge is 0.435 e. The molecule has 1 atom stereocenters. The fourth-order valence-electron chi connectivity index (χ4n) is 3.03. The third-order valence-electron chi connectivity index (χ3n) is 4.48. The fraction of sp³-hybridized carbons (Fsp3) is 0.579. The molecule has 1 aromatic carbocycles. The van der Waals surface area contributed by atoms with E-state index in [0.29, 0.717) is 19.6 Å². The summed E-state index contributed by atoms with van der Waals surface area (Å²) in [5.74, 6) is -0.132. The van der Waals surface area contributed by atoms with Gasteiger partial charge in [-0.25, -0.2) is 0 Å². The van der Waals surface area contributed by atoms with Crippen LogP contribution in [-0.2, 0) is 16.0 Å². The normalized spacial score (nSPS) is 17.2. The van der Waals surface area contributed by atoms with Crippen LogP contribution in [0.15, 0.2) is 24.3 Å². The van der Waals surface area contributed by atoms with E-state index in [2.05, 4.69) is 17.0 Å². The Kier molecular flexibility index (Phi) is 7.81. The summed E-state index contributed by atoms with van der Waals surface area (Å²) in [7, 11) is 0. The molecule has 1 heterocycles. The van der Waals surface area contributed by atoms with Crippen molar-refractivity contribution in [2.24, 2.45) is 5.92 Å². The van der Waals surface area contributed by atoms with Gasteiger partial charge in [0.2, 0.25) is 11.8 Å². The van der Waals surface area contributed by atoms with Gasteiger partial charge in [-0.3, -0.25) is 9.59 Å². The van der Waals surface area contributed by atoms with Crippen molar-refractivity contribution in [1.29, 1.82) is 0 Å². The first-order valence-electron chi connectivity index (χ1n) is 9.08. The van der Waals surface area contributed by atoms with E-state index in [1.807, 2.05) is 0 Å². The Morgan fingerprint density at radius 3 is 2.69 bits per heavy atom. The van der Waals surface area contributed by atoms with E-state index in [0.717, 1.165) is 31.2 Å². The maximum Gasteiger partial charge on any atom is 0.387 e. The van der Waals surface area contributed by atoms with Gasteiger partial charge in [0.15, 0.2) is 0 Å². The zero-order valence-electron chi connectivity index (χ0n) is 15.0. The van der Waals surface area contributed by atoms with Crippen LogP contribution in [0.2, 0.25) is 0 Å². The zero-order chi connectivity index (χ0) is 18.9. The van der Waals surface area contributed by atoms with Gasteiger partial charge >= 0.3 is 6.61 Å². The Labute approximate surface area is 152 Å². The maximum absolute atomic E-state index is 12.5. The molecule has 1 aliphatic heterocycles. The molecular weight excluding hydrogens is 342 g/mol. The number of alkyl halides is 2. The fourth-order valence-corrected chi connectivity index (χ4v) is 3.03. The van der Waals surface area contributed by atoms with Gasteiger partial charge in [-0.05, 0) is 37.0 Å². The van der Waals surface area contributed by atoms with E-state index in [9.17, 15) is 18.4 Å². The van der Waals surface area contributed by atoms with Gasteiger partial charge < -0.3 is 15.0 Å². The lowest BCUT2D eigenvalue weighted by Gasteiger charge is -2.32. The molecule has 2 amide bonds. The van der Waals surface area contributed by atoms with Crippen LogP contribution in [0.25, 0.3) is 0 Å². The number of carbonyl (C=O) groups is 2. The van der Waals surface area contributed by atoms with Crippen molar-refractivity contribution in [2.45, 2.75) is 45.6 Å². The Morgan fingerprint density at radius 2 is 2.04 bits per heavy atom. The number of hydrogen-bond acceptors (Lipinski definition) is 3. The Bertz CT molecular complexity index is 593. The molecule has 1 aromatic rings. The average molecular weight is 368 g/mol. The first-order valence-corrected chi connectivity index (χ1v) is 9.08. The maximum atomic E-state index is 12.5. The van der Waals surface area contributed by atoms with Crippen LogP contribution >= 0.6 is 0 Å². The molecule has 1 saturated heterocycles. The van der Waals surface area contributed by atoms with Gasteiger partial charge in [-0.15, -0.1) is 0 Å². The molecule has 1 N–H and O–H groups in total. The predicted molar refractivity (Wildman–Crippen MR) is 94.0 cm³/mol. The van der Waals surface area contributed by atoms with Gasteiger partial charge in [0.25, 0.3) is 0 Å². The SMILES string of the molecule is CCCCNC(=O)C1CCCN(C(=O)Cc2ccc(OC(F)F)cc2)C1. The minimum absolute atomic E-state index is 0.0180. The van der Waals surface area contributed by atoms with Crippen molar-refractivity contribution in [3.05, 3.63) is 29.8 Å². The molecule has 2 rings (SSSR count). The van der Waals surface area contributed by atoms with Crippen LogP contribution in [0.1, 0.15) is 38.2 Å². The number of hydrogen-bond donors (Lipinski definition) is 1. The highest BCUT2D eigenvalue weighted by Crippen LogP contribution is 2.19. The summed E-state index contributed by atoms with van der Waals surface area (Å²) >= 11 is 0. The predicted octanol–water partition coefficient (Wildman–Crippen LogP) is 2.99.